The van der Waals surface area contributed by atoms with Crippen LogP contribution in [0, 0.1) is 11.8 Å². The van der Waals surface area contributed by atoms with Gasteiger partial charge in [-0.25, -0.2) is 0 Å². The molecule has 2 unspecified atom stereocenters. The van der Waals surface area contributed by atoms with Gasteiger partial charge in [-0.15, -0.1) is 0 Å². The van der Waals surface area contributed by atoms with Crippen molar-refractivity contribution in [1.82, 2.24) is 15.2 Å². The molecular weight excluding hydrogens is 382 g/mol. The molecule has 1 aromatic heterocycles. The van der Waals surface area contributed by atoms with Crippen LogP contribution in [0.1, 0.15) is 12.0 Å². The van der Waals surface area contributed by atoms with Crippen molar-refractivity contribution in [3.63, 3.8) is 0 Å². The van der Waals surface area contributed by atoms with Crippen LogP contribution in [0.2, 0.25) is 0 Å². The first-order valence-electron chi connectivity index (χ1n) is 10.6. The molecule has 5 rings (SSSR count). The van der Waals surface area contributed by atoms with Gasteiger partial charge < -0.3 is 24.7 Å². The van der Waals surface area contributed by atoms with Gasteiger partial charge in [-0.05, 0) is 24.5 Å². The predicted octanol–water partition coefficient (Wildman–Crippen LogP) is 1.65. The highest BCUT2D eigenvalue weighted by atomic mass is 16.5. The number of para-hydroxylation sites is 1. The van der Waals surface area contributed by atoms with E-state index < -0.39 is 17.4 Å². The van der Waals surface area contributed by atoms with Gasteiger partial charge in [-0.3, -0.25) is 9.59 Å². The molecule has 0 radical (unpaired) electrons. The first-order valence-corrected chi connectivity index (χ1v) is 10.6. The van der Waals surface area contributed by atoms with Gasteiger partial charge in [0, 0.05) is 43.9 Å². The minimum Gasteiger partial charge on any atom is -0.385 e. The van der Waals surface area contributed by atoms with Crippen molar-refractivity contribution in [3.05, 3.63) is 48.2 Å². The summed E-state index contributed by atoms with van der Waals surface area (Å²) in [5.74, 6) is -0.959. The SMILES string of the molecule is COCCCNC(=O)C1C2C(=O)N(CCc3c[nH]c4ccccc34)C[C@@]23C=C[C@H]1O3. The zero-order valence-corrected chi connectivity index (χ0v) is 17.1. The number of hydrogen-bond acceptors (Lipinski definition) is 4. The highest BCUT2D eigenvalue weighted by molar-refractivity contribution is 5.93. The maximum atomic E-state index is 13.3. The smallest absolute Gasteiger partial charge is 0.230 e. The number of likely N-dealkylation sites (tertiary alicyclic amines) is 1. The Labute approximate surface area is 175 Å². The molecule has 30 heavy (non-hydrogen) atoms. The zero-order valence-electron chi connectivity index (χ0n) is 17.1. The molecule has 1 spiro atoms. The van der Waals surface area contributed by atoms with Crippen LogP contribution in [0.5, 0.6) is 0 Å². The average molecular weight is 409 g/mol. The molecule has 2 saturated heterocycles. The lowest BCUT2D eigenvalue weighted by Crippen LogP contribution is -2.44. The molecular formula is C23H27N3O4. The van der Waals surface area contributed by atoms with Crippen molar-refractivity contribution in [2.75, 3.05) is 33.4 Å². The lowest BCUT2D eigenvalue weighted by atomic mass is 9.77. The van der Waals surface area contributed by atoms with Crippen molar-refractivity contribution >= 4 is 22.7 Å². The number of aromatic amines is 1. The Hall–Kier alpha value is -2.64. The number of benzene rings is 1. The summed E-state index contributed by atoms with van der Waals surface area (Å²) in [6.07, 6.45) is 7.17. The monoisotopic (exact) mass is 409 g/mol. The van der Waals surface area contributed by atoms with Crippen molar-refractivity contribution in [2.24, 2.45) is 11.8 Å². The van der Waals surface area contributed by atoms with E-state index in [9.17, 15) is 9.59 Å². The second-order valence-corrected chi connectivity index (χ2v) is 8.41. The maximum Gasteiger partial charge on any atom is 0.230 e. The van der Waals surface area contributed by atoms with Crippen LogP contribution in [0.4, 0.5) is 0 Å². The molecule has 2 aromatic rings. The molecule has 2 bridgehead atoms. The van der Waals surface area contributed by atoms with Gasteiger partial charge in [0.1, 0.15) is 5.60 Å². The van der Waals surface area contributed by atoms with E-state index in [0.717, 1.165) is 18.4 Å². The minimum atomic E-state index is -0.656. The topological polar surface area (TPSA) is 83.7 Å². The van der Waals surface area contributed by atoms with Crippen LogP contribution in [0.3, 0.4) is 0 Å². The zero-order chi connectivity index (χ0) is 20.7. The molecule has 1 aromatic carbocycles. The van der Waals surface area contributed by atoms with Crippen molar-refractivity contribution in [3.8, 4) is 0 Å². The number of amides is 2. The van der Waals surface area contributed by atoms with E-state index in [1.807, 2.05) is 35.4 Å². The Balaban J connectivity index is 1.27. The fourth-order valence-electron chi connectivity index (χ4n) is 5.21. The number of nitrogens with zero attached hydrogens (tertiary/aromatic N) is 1. The molecule has 0 aliphatic carbocycles. The van der Waals surface area contributed by atoms with Gasteiger partial charge in [-0.1, -0.05) is 30.4 Å². The Morgan fingerprint density at radius 3 is 3.13 bits per heavy atom. The van der Waals surface area contributed by atoms with Gasteiger partial charge in [0.05, 0.1) is 24.5 Å². The first-order chi connectivity index (χ1) is 14.6. The summed E-state index contributed by atoms with van der Waals surface area (Å²) >= 11 is 0. The van der Waals surface area contributed by atoms with E-state index in [0.29, 0.717) is 26.2 Å². The number of carbonyl (C=O) groups excluding carboxylic acids is 2. The van der Waals surface area contributed by atoms with E-state index in [4.69, 9.17) is 9.47 Å². The molecule has 3 aliphatic heterocycles. The van der Waals surface area contributed by atoms with Gasteiger partial charge in [0.15, 0.2) is 0 Å². The predicted molar refractivity (Wildman–Crippen MR) is 112 cm³/mol. The molecule has 7 heteroatoms. The molecule has 3 aliphatic rings. The van der Waals surface area contributed by atoms with E-state index in [-0.39, 0.29) is 17.9 Å². The maximum absolute atomic E-state index is 13.3. The Morgan fingerprint density at radius 1 is 1.40 bits per heavy atom. The Morgan fingerprint density at radius 2 is 2.27 bits per heavy atom. The fraction of sp³-hybridized carbons (Fsp3) is 0.478. The number of rotatable bonds is 8. The third-order valence-corrected chi connectivity index (χ3v) is 6.63. The molecule has 4 heterocycles. The van der Waals surface area contributed by atoms with Gasteiger partial charge in [-0.2, -0.15) is 0 Å². The molecule has 7 nitrogen and oxygen atoms in total. The number of hydrogen-bond donors (Lipinski definition) is 2. The van der Waals surface area contributed by atoms with E-state index in [1.54, 1.807) is 7.11 Å². The summed E-state index contributed by atoms with van der Waals surface area (Å²) in [6.45, 7) is 2.26. The second-order valence-electron chi connectivity index (χ2n) is 8.41. The Bertz CT molecular complexity index is 999. The second kappa shape index (κ2) is 7.56. The summed E-state index contributed by atoms with van der Waals surface area (Å²) in [6, 6.07) is 8.18. The largest absolute Gasteiger partial charge is 0.385 e. The van der Waals surface area contributed by atoms with Gasteiger partial charge in [0.2, 0.25) is 11.8 Å². The molecule has 4 atom stereocenters. The number of fused-ring (bicyclic) bond motifs is 2. The summed E-state index contributed by atoms with van der Waals surface area (Å²) < 4.78 is 11.2. The standard InChI is InChI=1S/C23H27N3O4/c1-29-12-4-10-24-21(27)19-18-7-9-23(30-18)14-26(22(28)20(19)23)11-8-15-13-25-17-6-3-2-5-16(15)17/h2-3,5-7,9,13,18-20,25H,4,8,10-12,14H2,1H3,(H,24,27)/t18-,19?,20?,23+/m1/s1. The number of H-pyrrole nitrogens is 1. The van der Waals surface area contributed by atoms with Crippen LogP contribution in [0.15, 0.2) is 42.6 Å². The Kier molecular flexibility index (Phi) is 4.87. The highest BCUT2D eigenvalue weighted by Gasteiger charge is 2.66. The summed E-state index contributed by atoms with van der Waals surface area (Å²) in [5, 5.41) is 4.14. The summed E-state index contributed by atoms with van der Waals surface area (Å²) in [5.41, 5.74) is 1.64. The average Bonchev–Trinajstić information content (AvgIpc) is 3.49. The molecule has 2 N–H and O–H groups in total. The quantitative estimate of drug-likeness (QED) is 0.513. The number of aromatic nitrogens is 1. The third kappa shape index (κ3) is 3.04. The van der Waals surface area contributed by atoms with Crippen LogP contribution >= 0.6 is 0 Å². The number of methoxy groups -OCH3 is 1. The third-order valence-electron chi connectivity index (χ3n) is 6.63. The summed E-state index contributed by atoms with van der Waals surface area (Å²) in [4.78, 5) is 31.3. The molecule has 0 saturated carbocycles. The normalized spacial score (nSPS) is 29.2. The van der Waals surface area contributed by atoms with Crippen LogP contribution < -0.4 is 5.32 Å². The summed E-state index contributed by atoms with van der Waals surface area (Å²) in [7, 11) is 1.64. The molecule has 2 fully saturated rings. The van der Waals surface area contributed by atoms with Crippen LogP contribution in [0.25, 0.3) is 10.9 Å². The lowest BCUT2D eigenvalue weighted by Gasteiger charge is -2.23. The van der Waals surface area contributed by atoms with Crippen molar-refractivity contribution < 1.29 is 19.1 Å². The van der Waals surface area contributed by atoms with E-state index in [2.05, 4.69) is 22.4 Å². The van der Waals surface area contributed by atoms with Crippen molar-refractivity contribution in [2.45, 2.75) is 24.5 Å². The van der Waals surface area contributed by atoms with Gasteiger partial charge in [0.25, 0.3) is 0 Å². The van der Waals surface area contributed by atoms with Crippen LogP contribution in [-0.4, -0.2) is 66.8 Å². The van der Waals surface area contributed by atoms with Crippen molar-refractivity contribution in [1.29, 1.82) is 0 Å². The van der Waals surface area contributed by atoms with Crippen LogP contribution in [-0.2, 0) is 25.5 Å². The lowest BCUT2D eigenvalue weighted by molar-refractivity contribution is -0.137. The van der Waals surface area contributed by atoms with Gasteiger partial charge >= 0.3 is 0 Å². The minimum absolute atomic E-state index is 0.0266. The number of nitrogens with one attached hydrogen (secondary N) is 2. The van der Waals surface area contributed by atoms with E-state index >= 15 is 0 Å². The number of ether oxygens (including phenoxy) is 2. The molecule has 2 amide bonds. The first kappa shape index (κ1) is 19.3. The highest BCUT2D eigenvalue weighted by Crippen LogP contribution is 2.51. The fourth-order valence-corrected chi connectivity index (χ4v) is 5.21. The van der Waals surface area contributed by atoms with E-state index in [1.165, 1.54) is 10.9 Å². The molecule has 158 valence electrons. The number of carbonyl (C=O) groups is 2.